The van der Waals surface area contributed by atoms with Crippen LogP contribution in [0.15, 0.2) is 36.7 Å². The van der Waals surface area contributed by atoms with Crippen LogP contribution in [0.1, 0.15) is 39.9 Å². The van der Waals surface area contributed by atoms with Crippen LogP contribution in [-0.4, -0.2) is 52.9 Å². The van der Waals surface area contributed by atoms with Crippen molar-refractivity contribution in [1.29, 1.82) is 0 Å². The van der Waals surface area contributed by atoms with Gasteiger partial charge in [0.1, 0.15) is 0 Å². The number of amides is 1. The van der Waals surface area contributed by atoms with Gasteiger partial charge >= 0.3 is 0 Å². The lowest BCUT2D eigenvalue weighted by Gasteiger charge is -2.13. The Morgan fingerprint density at radius 1 is 1.38 bits per heavy atom. The maximum atomic E-state index is 12.5. The van der Waals surface area contributed by atoms with Gasteiger partial charge in [-0.1, -0.05) is 24.3 Å². The van der Waals surface area contributed by atoms with E-state index in [-0.39, 0.29) is 24.5 Å². The van der Waals surface area contributed by atoms with Crippen LogP contribution < -0.4 is 5.32 Å². The fraction of sp³-hybridized carbons (Fsp3) is 0.444. The van der Waals surface area contributed by atoms with Crippen LogP contribution in [-0.2, 0) is 6.54 Å². The summed E-state index contributed by atoms with van der Waals surface area (Å²) in [5.41, 5.74) is 2.80. The van der Waals surface area contributed by atoms with E-state index >= 15 is 0 Å². The van der Waals surface area contributed by atoms with Crippen molar-refractivity contribution in [3.63, 3.8) is 0 Å². The van der Waals surface area contributed by atoms with E-state index in [1.54, 1.807) is 17.1 Å². The van der Waals surface area contributed by atoms with E-state index in [0.717, 1.165) is 30.6 Å². The molecule has 0 bridgehead atoms. The summed E-state index contributed by atoms with van der Waals surface area (Å²) in [5, 5.41) is 16.9. The average Bonchev–Trinajstić information content (AvgIpc) is 3.18. The number of hydrogen-bond acceptors (Lipinski definition) is 4. The SMILES string of the molecule is CN(C)CCn1cc(C(=O)N[C@@H]2C[C@H](CO)c3ccccc32)cn1. The third kappa shape index (κ3) is 3.49. The molecule has 6 nitrogen and oxygen atoms in total. The molecule has 0 unspecified atom stereocenters. The molecular weight excluding hydrogens is 304 g/mol. The van der Waals surface area contributed by atoms with Crippen LogP contribution in [0.2, 0.25) is 0 Å². The van der Waals surface area contributed by atoms with Crippen molar-refractivity contribution in [3.05, 3.63) is 53.3 Å². The normalized spacial score (nSPS) is 19.5. The molecule has 2 aromatic rings. The maximum Gasteiger partial charge on any atom is 0.254 e. The molecule has 24 heavy (non-hydrogen) atoms. The zero-order chi connectivity index (χ0) is 17.1. The number of rotatable bonds is 6. The van der Waals surface area contributed by atoms with Crippen LogP contribution >= 0.6 is 0 Å². The highest BCUT2D eigenvalue weighted by molar-refractivity contribution is 5.94. The van der Waals surface area contributed by atoms with E-state index in [1.165, 1.54) is 0 Å². The standard InChI is InChI=1S/C18H24N4O2/c1-21(2)7-8-22-11-14(10-19-22)18(24)20-17-9-13(12-23)15-5-3-4-6-16(15)17/h3-6,10-11,13,17,23H,7-9,12H2,1-2H3,(H,20,24)/t13-,17-/m1/s1. The molecule has 128 valence electrons. The van der Waals surface area contributed by atoms with Gasteiger partial charge in [0, 0.05) is 18.7 Å². The second kappa shape index (κ2) is 7.15. The molecule has 0 saturated carbocycles. The third-order valence-corrected chi connectivity index (χ3v) is 4.53. The largest absolute Gasteiger partial charge is 0.396 e. The van der Waals surface area contributed by atoms with Gasteiger partial charge in [-0.15, -0.1) is 0 Å². The van der Waals surface area contributed by atoms with Gasteiger partial charge in [-0.05, 0) is 31.6 Å². The van der Waals surface area contributed by atoms with Crippen molar-refractivity contribution in [3.8, 4) is 0 Å². The summed E-state index contributed by atoms with van der Waals surface area (Å²) in [5.74, 6) is -0.0289. The first kappa shape index (κ1) is 16.7. The van der Waals surface area contributed by atoms with Crippen LogP contribution in [0.5, 0.6) is 0 Å². The van der Waals surface area contributed by atoms with Gasteiger partial charge in [-0.3, -0.25) is 9.48 Å². The molecule has 3 rings (SSSR count). The van der Waals surface area contributed by atoms with Crippen molar-refractivity contribution in [1.82, 2.24) is 20.0 Å². The fourth-order valence-corrected chi connectivity index (χ4v) is 3.20. The molecule has 2 N–H and O–H groups in total. The van der Waals surface area contributed by atoms with E-state index in [4.69, 9.17) is 0 Å². The Labute approximate surface area is 142 Å². The highest BCUT2D eigenvalue weighted by Crippen LogP contribution is 2.39. The van der Waals surface area contributed by atoms with Gasteiger partial charge in [-0.25, -0.2) is 0 Å². The molecule has 1 aliphatic carbocycles. The Morgan fingerprint density at radius 3 is 2.83 bits per heavy atom. The average molecular weight is 328 g/mol. The molecule has 1 aliphatic rings. The number of carbonyl (C=O) groups is 1. The predicted molar refractivity (Wildman–Crippen MR) is 91.9 cm³/mol. The number of carbonyl (C=O) groups excluding carboxylic acids is 1. The molecule has 0 radical (unpaired) electrons. The first-order valence-electron chi connectivity index (χ1n) is 8.26. The van der Waals surface area contributed by atoms with E-state index in [1.807, 2.05) is 38.4 Å². The first-order chi connectivity index (χ1) is 11.6. The molecule has 0 aliphatic heterocycles. The minimum absolute atomic E-state index is 0.0593. The van der Waals surface area contributed by atoms with E-state index in [9.17, 15) is 9.90 Å². The van der Waals surface area contributed by atoms with Crippen LogP contribution in [0.25, 0.3) is 0 Å². The van der Waals surface area contributed by atoms with Gasteiger partial charge < -0.3 is 15.3 Å². The summed E-state index contributed by atoms with van der Waals surface area (Å²) in [6.07, 6.45) is 4.12. The minimum Gasteiger partial charge on any atom is -0.396 e. The summed E-state index contributed by atoms with van der Waals surface area (Å²) in [6.45, 7) is 1.72. The quantitative estimate of drug-likeness (QED) is 0.841. The molecule has 0 saturated heterocycles. The molecular formula is C18H24N4O2. The lowest BCUT2D eigenvalue weighted by atomic mass is 10.0. The van der Waals surface area contributed by atoms with Crippen molar-refractivity contribution in [2.24, 2.45) is 0 Å². The van der Waals surface area contributed by atoms with Gasteiger partial charge in [-0.2, -0.15) is 5.10 Å². The van der Waals surface area contributed by atoms with Crippen LogP contribution in [0, 0.1) is 0 Å². The topological polar surface area (TPSA) is 70.4 Å². The van der Waals surface area contributed by atoms with Crippen molar-refractivity contribution in [2.45, 2.75) is 24.9 Å². The van der Waals surface area contributed by atoms with Gasteiger partial charge in [0.2, 0.25) is 0 Å². The molecule has 0 fully saturated rings. The summed E-state index contributed by atoms with van der Waals surface area (Å²) >= 11 is 0. The van der Waals surface area contributed by atoms with E-state index in [2.05, 4.69) is 15.3 Å². The Hall–Kier alpha value is -2.18. The fourth-order valence-electron chi connectivity index (χ4n) is 3.20. The number of hydrogen-bond donors (Lipinski definition) is 2. The lowest BCUT2D eigenvalue weighted by Crippen LogP contribution is -2.27. The maximum absolute atomic E-state index is 12.5. The zero-order valence-corrected chi connectivity index (χ0v) is 14.1. The third-order valence-electron chi connectivity index (χ3n) is 4.53. The highest BCUT2D eigenvalue weighted by atomic mass is 16.3. The van der Waals surface area contributed by atoms with Gasteiger partial charge in [0.05, 0.1) is 31.0 Å². The first-order valence-corrected chi connectivity index (χ1v) is 8.26. The molecule has 1 heterocycles. The number of nitrogens with zero attached hydrogens (tertiary/aromatic N) is 3. The molecule has 2 atom stereocenters. The second-order valence-electron chi connectivity index (χ2n) is 6.57. The van der Waals surface area contributed by atoms with Crippen molar-refractivity contribution < 1.29 is 9.90 Å². The molecule has 1 aromatic heterocycles. The minimum atomic E-state index is -0.121. The van der Waals surface area contributed by atoms with Crippen molar-refractivity contribution in [2.75, 3.05) is 27.2 Å². The Morgan fingerprint density at radius 2 is 2.12 bits per heavy atom. The number of aromatic nitrogens is 2. The number of fused-ring (bicyclic) bond motifs is 1. The lowest BCUT2D eigenvalue weighted by molar-refractivity contribution is 0.0934. The molecule has 6 heteroatoms. The second-order valence-corrected chi connectivity index (χ2v) is 6.57. The monoisotopic (exact) mass is 328 g/mol. The van der Waals surface area contributed by atoms with Gasteiger partial charge in [0.25, 0.3) is 5.91 Å². The number of aliphatic hydroxyl groups excluding tert-OH is 1. The predicted octanol–water partition coefficient (Wildman–Crippen LogP) is 1.40. The van der Waals surface area contributed by atoms with Crippen LogP contribution in [0.3, 0.4) is 0 Å². The number of likely N-dealkylation sites (N-methyl/N-ethyl adjacent to an activating group) is 1. The summed E-state index contributed by atoms with van der Waals surface area (Å²) in [4.78, 5) is 14.6. The molecule has 0 spiro atoms. The summed E-state index contributed by atoms with van der Waals surface area (Å²) < 4.78 is 1.79. The Kier molecular flexibility index (Phi) is 4.97. The smallest absolute Gasteiger partial charge is 0.254 e. The molecule has 1 aromatic carbocycles. The summed E-state index contributed by atoms with van der Waals surface area (Å²) in [7, 11) is 4.01. The number of nitrogens with one attached hydrogen (secondary N) is 1. The number of benzene rings is 1. The van der Waals surface area contributed by atoms with E-state index < -0.39 is 0 Å². The van der Waals surface area contributed by atoms with E-state index in [0.29, 0.717) is 5.56 Å². The highest BCUT2D eigenvalue weighted by Gasteiger charge is 2.31. The molecule has 1 amide bonds. The van der Waals surface area contributed by atoms with Crippen LogP contribution in [0.4, 0.5) is 0 Å². The Balaban J connectivity index is 1.67. The zero-order valence-electron chi connectivity index (χ0n) is 14.1. The van der Waals surface area contributed by atoms with Crippen molar-refractivity contribution >= 4 is 5.91 Å². The summed E-state index contributed by atoms with van der Waals surface area (Å²) in [6, 6.07) is 7.94. The Bertz CT molecular complexity index is 711. The van der Waals surface area contributed by atoms with Gasteiger partial charge in [0.15, 0.2) is 0 Å². The number of aliphatic hydroxyl groups is 1.